The molecule has 0 radical (unpaired) electrons. The predicted molar refractivity (Wildman–Crippen MR) is 75.9 cm³/mol. The standard InChI is InChI=1S/C13H13FINO3/c1-8-3-2-4-9(15)10(8)11(17)16-6-5-13(14,7-16)12(18)19/h2-4H,5-7H2,1H3,(H,18,19). The number of benzene rings is 1. The third-order valence-electron chi connectivity index (χ3n) is 3.33. The van der Waals surface area contributed by atoms with Crippen LogP contribution in [0.1, 0.15) is 22.3 Å². The lowest BCUT2D eigenvalue weighted by Gasteiger charge is -2.19. The van der Waals surface area contributed by atoms with Gasteiger partial charge in [-0.1, -0.05) is 12.1 Å². The lowest BCUT2D eigenvalue weighted by atomic mass is 10.1. The Bertz CT molecular complexity index is 528. The SMILES string of the molecule is Cc1cccc(I)c1C(=O)N1CCC(F)(C(=O)O)C1. The lowest BCUT2D eigenvalue weighted by molar-refractivity contribution is -0.149. The summed E-state index contributed by atoms with van der Waals surface area (Å²) >= 11 is 2.05. The summed E-state index contributed by atoms with van der Waals surface area (Å²) in [6.45, 7) is 1.56. The average Bonchev–Trinajstić information content (AvgIpc) is 2.73. The molecule has 1 aliphatic heterocycles. The Kier molecular flexibility index (Phi) is 3.80. The summed E-state index contributed by atoms with van der Waals surface area (Å²) in [5.41, 5.74) is -0.981. The van der Waals surface area contributed by atoms with Crippen molar-refractivity contribution in [3.63, 3.8) is 0 Å². The molecule has 1 aromatic carbocycles. The number of hydrogen-bond donors (Lipinski definition) is 1. The van der Waals surface area contributed by atoms with Crippen molar-refractivity contribution < 1.29 is 19.1 Å². The molecule has 0 saturated carbocycles. The van der Waals surface area contributed by atoms with Gasteiger partial charge in [-0.2, -0.15) is 0 Å². The van der Waals surface area contributed by atoms with E-state index in [4.69, 9.17) is 5.11 Å². The van der Waals surface area contributed by atoms with Gasteiger partial charge in [0, 0.05) is 16.5 Å². The number of hydrogen-bond acceptors (Lipinski definition) is 2. The van der Waals surface area contributed by atoms with Crippen LogP contribution < -0.4 is 0 Å². The van der Waals surface area contributed by atoms with E-state index in [0.717, 1.165) is 9.13 Å². The summed E-state index contributed by atoms with van der Waals surface area (Å²) < 4.78 is 14.8. The highest BCUT2D eigenvalue weighted by atomic mass is 127. The van der Waals surface area contributed by atoms with Crippen LogP contribution >= 0.6 is 22.6 Å². The Labute approximate surface area is 123 Å². The van der Waals surface area contributed by atoms with E-state index in [9.17, 15) is 14.0 Å². The van der Waals surface area contributed by atoms with E-state index in [-0.39, 0.29) is 25.4 Å². The van der Waals surface area contributed by atoms with Gasteiger partial charge in [-0.15, -0.1) is 0 Å². The van der Waals surface area contributed by atoms with Crippen molar-refractivity contribution >= 4 is 34.5 Å². The number of nitrogens with zero attached hydrogens (tertiary/aromatic N) is 1. The topological polar surface area (TPSA) is 57.6 Å². The van der Waals surface area contributed by atoms with Crippen molar-refractivity contribution in [1.29, 1.82) is 0 Å². The minimum Gasteiger partial charge on any atom is -0.479 e. The van der Waals surface area contributed by atoms with Gasteiger partial charge >= 0.3 is 5.97 Å². The molecular weight excluding hydrogens is 364 g/mol. The minimum absolute atomic E-state index is 0.131. The number of rotatable bonds is 2. The predicted octanol–water partition coefficient (Wildman–Crippen LogP) is 2.24. The largest absolute Gasteiger partial charge is 0.479 e. The highest BCUT2D eigenvalue weighted by Crippen LogP contribution is 2.28. The van der Waals surface area contributed by atoms with Crippen LogP contribution in [-0.4, -0.2) is 40.6 Å². The molecule has 1 amide bonds. The van der Waals surface area contributed by atoms with Gasteiger partial charge in [0.1, 0.15) is 0 Å². The van der Waals surface area contributed by atoms with E-state index in [0.29, 0.717) is 5.56 Å². The molecule has 0 bridgehead atoms. The van der Waals surface area contributed by atoms with Crippen molar-refractivity contribution in [2.24, 2.45) is 0 Å². The Morgan fingerprint density at radius 3 is 2.68 bits per heavy atom. The number of carbonyl (C=O) groups excluding carboxylic acids is 1. The fraction of sp³-hybridized carbons (Fsp3) is 0.385. The quantitative estimate of drug-likeness (QED) is 0.805. The zero-order valence-corrected chi connectivity index (χ0v) is 12.5. The lowest BCUT2D eigenvalue weighted by Crippen LogP contribution is -2.39. The molecule has 1 fully saturated rings. The van der Waals surface area contributed by atoms with E-state index < -0.39 is 11.6 Å². The molecule has 1 aromatic rings. The van der Waals surface area contributed by atoms with Crippen molar-refractivity contribution in [2.75, 3.05) is 13.1 Å². The Morgan fingerprint density at radius 2 is 2.16 bits per heavy atom. The van der Waals surface area contributed by atoms with Gasteiger partial charge < -0.3 is 10.0 Å². The maximum Gasteiger partial charge on any atom is 0.343 e. The van der Waals surface area contributed by atoms with Crippen LogP contribution in [0.4, 0.5) is 4.39 Å². The molecule has 0 aliphatic carbocycles. The van der Waals surface area contributed by atoms with Crippen LogP contribution in [0.25, 0.3) is 0 Å². The highest BCUT2D eigenvalue weighted by molar-refractivity contribution is 14.1. The molecule has 1 heterocycles. The highest BCUT2D eigenvalue weighted by Gasteiger charge is 2.47. The fourth-order valence-corrected chi connectivity index (χ4v) is 3.05. The Balaban J connectivity index is 2.25. The van der Waals surface area contributed by atoms with Gasteiger partial charge in [0.15, 0.2) is 0 Å². The second-order valence-corrected chi connectivity index (χ2v) is 5.84. The van der Waals surface area contributed by atoms with Crippen molar-refractivity contribution in [1.82, 2.24) is 4.90 Å². The molecule has 4 nitrogen and oxygen atoms in total. The summed E-state index contributed by atoms with van der Waals surface area (Å²) in [5.74, 6) is -1.80. The number of halogens is 2. The monoisotopic (exact) mass is 377 g/mol. The fourth-order valence-electron chi connectivity index (χ4n) is 2.18. The zero-order valence-electron chi connectivity index (χ0n) is 10.3. The molecule has 1 unspecified atom stereocenters. The molecule has 19 heavy (non-hydrogen) atoms. The second-order valence-electron chi connectivity index (χ2n) is 4.68. The number of carboxylic acid groups (broad SMARTS) is 1. The van der Waals surface area contributed by atoms with Crippen LogP contribution in [0, 0.1) is 10.5 Å². The van der Waals surface area contributed by atoms with E-state index >= 15 is 0 Å². The number of alkyl halides is 1. The molecular formula is C13H13FINO3. The van der Waals surface area contributed by atoms with Crippen LogP contribution in [0.5, 0.6) is 0 Å². The van der Waals surface area contributed by atoms with E-state index in [1.165, 1.54) is 4.90 Å². The first-order valence-electron chi connectivity index (χ1n) is 5.82. The molecule has 6 heteroatoms. The van der Waals surface area contributed by atoms with Crippen LogP contribution in [0.15, 0.2) is 18.2 Å². The third kappa shape index (κ3) is 2.58. The van der Waals surface area contributed by atoms with E-state index in [1.54, 1.807) is 6.07 Å². The number of likely N-dealkylation sites (tertiary alicyclic amines) is 1. The number of carboxylic acids is 1. The normalized spacial score (nSPS) is 22.6. The molecule has 1 N–H and O–H groups in total. The van der Waals surface area contributed by atoms with Crippen LogP contribution in [0.3, 0.4) is 0 Å². The van der Waals surface area contributed by atoms with Gasteiger partial charge in [-0.25, -0.2) is 9.18 Å². The van der Waals surface area contributed by atoms with E-state index in [2.05, 4.69) is 22.6 Å². The zero-order chi connectivity index (χ0) is 14.2. The number of carbonyl (C=O) groups is 2. The van der Waals surface area contributed by atoms with Gasteiger partial charge in [0.25, 0.3) is 5.91 Å². The number of aryl methyl sites for hydroxylation is 1. The summed E-state index contributed by atoms with van der Waals surface area (Å²) in [5, 5.41) is 8.84. The second kappa shape index (κ2) is 5.07. The Morgan fingerprint density at radius 1 is 1.47 bits per heavy atom. The third-order valence-corrected chi connectivity index (χ3v) is 4.22. The summed E-state index contributed by atoms with van der Waals surface area (Å²) in [4.78, 5) is 24.5. The average molecular weight is 377 g/mol. The maximum absolute atomic E-state index is 14.0. The molecule has 1 aliphatic rings. The van der Waals surface area contributed by atoms with Gasteiger partial charge in [-0.3, -0.25) is 4.79 Å². The van der Waals surface area contributed by atoms with Gasteiger partial charge in [0.2, 0.25) is 5.67 Å². The first-order valence-corrected chi connectivity index (χ1v) is 6.90. The molecule has 1 saturated heterocycles. The van der Waals surface area contributed by atoms with Gasteiger partial charge in [-0.05, 0) is 41.1 Å². The summed E-state index contributed by atoms with van der Waals surface area (Å²) in [6.07, 6.45) is -0.156. The summed E-state index contributed by atoms with van der Waals surface area (Å²) in [7, 11) is 0. The van der Waals surface area contributed by atoms with E-state index in [1.807, 2.05) is 19.1 Å². The molecule has 0 aromatic heterocycles. The van der Waals surface area contributed by atoms with Crippen LogP contribution in [-0.2, 0) is 4.79 Å². The smallest absolute Gasteiger partial charge is 0.343 e. The molecule has 102 valence electrons. The van der Waals surface area contributed by atoms with Crippen molar-refractivity contribution in [3.8, 4) is 0 Å². The first kappa shape index (κ1) is 14.2. The Hall–Kier alpha value is -1.18. The molecule has 1 atom stereocenters. The molecule has 2 rings (SSSR count). The molecule has 0 spiro atoms. The maximum atomic E-state index is 14.0. The number of amides is 1. The van der Waals surface area contributed by atoms with Gasteiger partial charge in [0.05, 0.1) is 12.1 Å². The minimum atomic E-state index is -2.32. The van der Waals surface area contributed by atoms with Crippen LogP contribution in [0.2, 0.25) is 0 Å². The van der Waals surface area contributed by atoms with Crippen molar-refractivity contribution in [3.05, 3.63) is 32.9 Å². The van der Waals surface area contributed by atoms with Crippen molar-refractivity contribution in [2.45, 2.75) is 19.0 Å². The first-order chi connectivity index (χ1) is 8.85. The summed E-state index contributed by atoms with van der Waals surface area (Å²) in [6, 6.07) is 5.46. The number of aliphatic carboxylic acids is 1.